The van der Waals surface area contributed by atoms with E-state index in [1.54, 1.807) is 23.1 Å². The third kappa shape index (κ3) is 4.03. The molecule has 0 radical (unpaired) electrons. The standard InChI is InChI=1S/C19H15ClN6OS/c20-13-6-4-12(5-7-13)16-10-15(18(21)27)19(28-16)24-17-3-1-2-14(23-17)11-26-9-8-22-25-26/h1-10H,11H2,(H2,21,27)(H,23,24). The smallest absolute Gasteiger partial charge is 0.251 e. The van der Waals surface area contributed by atoms with Gasteiger partial charge < -0.3 is 11.1 Å². The molecule has 0 saturated heterocycles. The van der Waals surface area contributed by atoms with Gasteiger partial charge in [0.2, 0.25) is 0 Å². The van der Waals surface area contributed by atoms with Crippen LogP contribution in [0.5, 0.6) is 0 Å². The second-order valence-electron chi connectivity index (χ2n) is 5.96. The molecule has 0 saturated carbocycles. The fraction of sp³-hybridized carbons (Fsp3) is 0.0526. The lowest BCUT2D eigenvalue weighted by Crippen LogP contribution is -2.11. The molecule has 3 heterocycles. The van der Waals surface area contributed by atoms with Gasteiger partial charge in [-0.25, -0.2) is 9.67 Å². The van der Waals surface area contributed by atoms with Crippen molar-refractivity contribution in [3.8, 4) is 10.4 Å². The molecule has 0 atom stereocenters. The largest absolute Gasteiger partial charge is 0.366 e. The van der Waals surface area contributed by atoms with Crippen LogP contribution in [0.2, 0.25) is 5.02 Å². The van der Waals surface area contributed by atoms with Gasteiger partial charge in [-0.1, -0.05) is 35.0 Å². The summed E-state index contributed by atoms with van der Waals surface area (Å²) in [5.74, 6) is 0.113. The van der Waals surface area contributed by atoms with Crippen molar-refractivity contribution in [3.63, 3.8) is 0 Å². The van der Waals surface area contributed by atoms with Gasteiger partial charge in [0.05, 0.1) is 24.0 Å². The molecular formula is C19H15ClN6OS. The van der Waals surface area contributed by atoms with E-state index < -0.39 is 5.91 Å². The van der Waals surface area contributed by atoms with Crippen LogP contribution in [0.1, 0.15) is 16.1 Å². The van der Waals surface area contributed by atoms with Crippen LogP contribution in [-0.4, -0.2) is 25.9 Å². The second-order valence-corrected chi connectivity index (χ2v) is 7.45. The normalized spacial score (nSPS) is 10.8. The van der Waals surface area contributed by atoms with Gasteiger partial charge in [0.1, 0.15) is 10.8 Å². The number of benzene rings is 1. The van der Waals surface area contributed by atoms with Crippen LogP contribution in [0.15, 0.2) is 60.9 Å². The first-order valence-electron chi connectivity index (χ1n) is 8.35. The van der Waals surface area contributed by atoms with Gasteiger partial charge >= 0.3 is 0 Å². The van der Waals surface area contributed by atoms with E-state index in [9.17, 15) is 4.79 Å². The van der Waals surface area contributed by atoms with E-state index in [4.69, 9.17) is 17.3 Å². The lowest BCUT2D eigenvalue weighted by Gasteiger charge is -2.07. The molecule has 3 aromatic heterocycles. The van der Waals surface area contributed by atoms with E-state index in [-0.39, 0.29) is 0 Å². The number of carbonyl (C=O) groups is 1. The zero-order valence-electron chi connectivity index (χ0n) is 14.5. The Bertz CT molecular complexity index is 1110. The molecule has 9 heteroatoms. The molecule has 0 aliphatic carbocycles. The monoisotopic (exact) mass is 410 g/mol. The molecule has 0 spiro atoms. The first-order chi connectivity index (χ1) is 13.6. The zero-order chi connectivity index (χ0) is 19.5. The Morgan fingerprint density at radius 3 is 2.75 bits per heavy atom. The maximum Gasteiger partial charge on any atom is 0.251 e. The molecule has 28 heavy (non-hydrogen) atoms. The topological polar surface area (TPSA) is 98.7 Å². The molecule has 0 fully saturated rings. The minimum atomic E-state index is -0.502. The summed E-state index contributed by atoms with van der Waals surface area (Å²) < 4.78 is 1.69. The van der Waals surface area contributed by atoms with Crippen molar-refractivity contribution in [2.24, 2.45) is 5.73 Å². The molecule has 1 amide bonds. The quantitative estimate of drug-likeness (QED) is 0.501. The van der Waals surface area contributed by atoms with Crippen LogP contribution in [0, 0.1) is 0 Å². The summed E-state index contributed by atoms with van der Waals surface area (Å²) >= 11 is 7.39. The number of nitrogens with two attached hydrogens (primary N) is 1. The van der Waals surface area contributed by atoms with Gasteiger partial charge in [-0.05, 0) is 35.9 Å². The van der Waals surface area contributed by atoms with Gasteiger partial charge in [0.25, 0.3) is 5.91 Å². The maximum absolute atomic E-state index is 11.9. The van der Waals surface area contributed by atoms with Crippen LogP contribution < -0.4 is 11.1 Å². The molecule has 7 nitrogen and oxygen atoms in total. The fourth-order valence-electron chi connectivity index (χ4n) is 2.66. The number of thiophene rings is 1. The van der Waals surface area contributed by atoms with Crippen LogP contribution >= 0.6 is 22.9 Å². The molecule has 0 aliphatic heterocycles. The Morgan fingerprint density at radius 1 is 1.21 bits per heavy atom. The Morgan fingerprint density at radius 2 is 2.04 bits per heavy atom. The number of amides is 1. The second kappa shape index (κ2) is 7.79. The number of carbonyl (C=O) groups excluding carboxylic acids is 1. The molecule has 1 aromatic carbocycles. The molecule has 4 aromatic rings. The Hall–Kier alpha value is -3.23. The predicted molar refractivity (Wildman–Crippen MR) is 110 cm³/mol. The molecule has 0 aliphatic rings. The first kappa shape index (κ1) is 18.1. The maximum atomic E-state index is 11.9. The SMILES string of the molecule is NC(=O)c1cc(-c2ccc(Cl)cc2)sc1Nc1cccc(Cn2ccnn2)n1. The van der Waals surface area contributed by atoms with Crippen molar-refractivity contribution in [2.45, 2.75) is 6.54 Å². The van der Waals surface area contributed by atoms with Crippen molar-refractivity contribution >= 4 is 39.7 Å². The summed E-state index contributed by atoms with van der Waals surface area (Å²) in [4.78, 5) is 17.4. The number of nitrogens with zero attached hydrogens (tertiary/aromatic N) is 4. The molecule has 0 bridgehead atoms. The number of nitrogens with one attached hydrogen (secondary N) is 1. The van der Waals surface area contributed by atoms with Gasteiger partial charge in [-0.3, -0.25) is 4.79 Å². The third-order valence-corrected chi connectivity index (χ3v) is 5.32. The van der Waals surface area contributed by atoms with Crippen LogP contribution in [0.25, 0.3) is 10.4 Å². The molecule has 3 N–H and O–H groups in total. The van der Waals surface area contributed by atoms with Crippen LogP contribution in [-0.2, 0) is 6.54 Å². The summed E-state index contributed by atoms with van der Waals surface area (Å²) in [5.41, 5.74) is 7.75. The average molecular weight is 411 g/mol. The number of hydrogen-bond donors (Lipinski definition) is 2. The van der Waals surface area contributed by atoms with Crippen molar-refractivity contribution in [1.29, 1.82) is 0 Å². The van der Waals surface area contributed by atoms with E-state index >= 15 is 0 Å². The van der Waals surface area contributed by atoms with Gasteiger partial charge in [0.15, 0.2) is 0 Å². The fourth-order valence-corrected chi connectivity index (χ4v) is 3.86. The molecule has 4 rings (SSSR count). The minimum absolute atomic E-state index is 0.415. The summed E-state index contributed by atoms with van der Waals surface area (Å²) in [7, 11) is 0. The Balaban J connectivity index is 1.62. The van der Waals surface area contributed by atoms with Crippen LogP contribution in [0.3, 0.4) is 0 Å². The number of rotatable bonds is 6. The summed E-state index contributed by atoms with van der Waals surface area (Å²) in [5, 5.41) is 12.2. The average Bonchev–Trinajstić information content (AvgIpc) is 3.33. The van der Waals surface area contributed by atoms with E-state index in [1.165, 1.54) is 11.3 Å². The van der Waals surface area contributed by atoms with Crippen LogP contribution in [0.4, 0.5) is 10.8 Å². The van der Waals surface area contributed by atoms with E-state index in [0.717, 1.165) is 16.1 Å². The minimum Gasteiger partial charge on any atom is -0.366 e. The summed E-state index contributed by atoms with van der Waals surface area (Å²) in [6.45, 7) is 0.499. The van der Waals surface area contributed by atoms with E-state index in [2.05, 4.69) is 20.6 Å². The number of primary amides is 1. The highest BCUT2D eigenvalue weighted by Gasteiger charge is 2.15. The van der Waals surface area contributed by atoms with E-state index in [0.29, 0.717) is 27.9 Å². The lowest BCUT2D eigenvalue weighted by molar-refractivity contribution is 0.100. The van der Waals surface area contributed by atoms with E-state index in [1.807, 2.05) is 42.5 Å². The number of hydrogen-bond acceptors (Lipinski definition) is 6. The van der Waals surface area contributed by atoms with Crippen molar-refractivity contribution < 1.29 is 4.79 Å². The predicted octanol–water partition coefficient (Wildman–Crippen LogP) is 3.95. The number of aromatic nitrogens is 4. The Labute approximate surface area is 169 Å². The zero-order valence-corrected chi connectivity index (χ0v) is 16.1. The summed E-state index contributed by atoms with van der Waals surface area (Å²) in [6.07, 6.45) is 3.38. The third-order valence-electron chi connectivity index (χ3n) is 3.97. The first-order valence-corrected chi connectivity index (χ1v) is 9.54. The van der Waals surface area contributed by atoms with Gasteiger partial charge in [-0.2, -0.15) is 0 Å². The van der Waals surface area contributed by atoms with Crippen molar-refractivity contribution in [3.05, 3.63) is 77.2 Å². The lowest BCUT2D eigenvalue weighted by atomic mass is 10.1. The highest BCUT2D eigenvalue weighted by molar-refractivity contribution is 7.19. The number of pyridine rings is 1. The summed E-state index contributed by atoms with van der Waals surface area (Å²) in [6, 6.07) is 14.8. The number of anilines is 2. The van der Waals surface area contributed by atoms with Crippen molar-refractivity contribution in [1.82, 2.24) is 20.0 Å². The Kier molecular flexibility index (Phi) is 5.05. The number of halogens is 1. The van der Waals surface area contributed by atoms with Gasteiger partial charge in [0, 0.05) is 16.1 Å². The van der Waals surface area contributed by atoms with Crippen molar-refractivity contribution in [2.75, 3.05) is 5.32 Å². The highest BCUT2D eigenvalue weighted by Crippen LogP contribution is 2.37. The molecule has 0 unspecified atom stereocenters. The molecular weight excluding hydrogens is 396 g/mol. The van der Waals surface area contributed by atoms with Gasteiger partial charge in [-0.15, -0.1) is 16.4 Å². The molecule has 140 valence electrons. The highest BCUT2D eigenvalue weighted by atomic mass is 35.5.